The summed E-state index contributed by atoms with van der Waals surface area (Å²) in [5.41, 5.74) is 0.836. The van der Waals surface area contributed by atoms with Crippen molar-refractivity contribution < 1.29 is 4.79 Å². The molecule has 1 N–H and O–H groups in total. The average molecular weight is 269 g/mol. The lowest BCUT2D eigenvalue weighted by atomic mass is 9.95. The molecule has 4 nitrogen and oxygen atoms in total. The van der Waals surface area contributed by atoms with Crippen molar-refractivity contribution in [1.29, 1.82) is 0 Å². The van der Waals surface area contributed by atoms with Crippen LogP contribution in [0, 0.1) is 0 Å². The highest BCUT2D eigenvalue weighted by Crippen LogP contribution is 2.48. The number of amides is 1. The lowest BCUT2D eigenvalue weighted by Crippen LogP contribution is -2.42. The molecule has 1 atom stereocenters. The van der Waals surface area contributed by atoms with Gasteiger partial charge in [0.1, 0.15) is 0 Å². The molecule has 1 aromatic carbocycles. The molecule has 104 valence electrons. The number of hydrogen-bond acceptors (Lipinski definition) is 2. The third kappa shape index (κ3) is 2.46. The Morgan fingerprint density at radius 3 is 2.70 bits per heavy atom. The zero-order valence-corrected chi connectivity index (χ0v) is 11.6. The van der Waals surface area contributed by atoms with E-state index in [0.29, 0.717) is 6.54 Å². The van der Waals surface area contributed by atoms with Gasteiger partial charge in [0, 0.05) is 18.4 Å². The number of benzene rings is 1. The minimum absolute atomic E-state index is 0.0728. The van der Waals surface area contributed by atoms with Crippen LogP contribution in [0.5, 0.6) is 0 Å². The Morgan fingerprint density at radius 1 is 1.35 bits per heavy atom. The predicted octanol–water partition coefficient (Wildman–Crippen LogP) is 2.12. The van der Waals surface area contributed by atoms with E-state index >= 15 is 0 Å². The highest BCUT2D eigenvalue weighted by Gasteiger charge is 2.51. The van der Waals surface area contributed by atoms with Crippen LogP contribution in [0.2, 0.25) is 0 Å². The minimum Gasteiger partial charge on any atom is -0.351 e. The molecule has 0 aliphatic heterocycles. The van der Waals surface area contributed by atoms with Gasteiger partial charge in [-0.05, 0) is 31.4 Å². The van der Waals surface area contributed by atoms with Crippen molar-refractivity contribution in [3.63, 3.8) is 0 Å². The van der Waals surface area contributed by atoms with Crippen LogP contribution >= 0.6 is 0 Å². The van der Waals surface area contributed by atoms with E-state index in [4.69, 9.17) is 0 Å². The van der Waals surface area contributed by atoms with Crippen LogP contribution in [-0.4, -0.2) is 21.7 Å². The van der Waals surface area contributed by atoms with E-state index in [9.17, 15) is 4.79 Å². The average Bonchev–Trinajstić information content (AvgIpc) is 3.13. The smallest absolute Gasteiger partial charge is 0.230 e. The molecule has 0 saturated heterocycles. The third-order valence-electron chi connectivity index (χ3n) is 3.91. The molecule has 0 unspecified atom stereocenters. The zero-order chi connectivity index (χ0) is 14.0. The van der Waals surface area contributed by atoms with Gasteiger partial charge in [-0.15, -0.1) is 0 Å². The second-order valence-corrected chi connectivity index (χ2v) is 5.55. The molecular formula is C16H19N3O. The Bertz CT molecular complexity index is 573. The Labute approximate surface area is 118 Å². The summed E-state index contributed by atoms with van der Waals surface area (Å²) < 4.78 is 1.84. The molecule has 1 aliphatic rings. The van der Waals surface area contributed by atoms with Gasteiger partial charge in [0.15, 0.2) is 0 Å². The van der Waals surface area contributed by atoms with Crippen molar-refractivity contribution in [3.05, 3.63) is 54.4 Å². The number of carbonyl (C=O) groups excluding carboxylic acids is 1. The van der Waals surface area contributed by atoms with Crippen molar-refractivity contribution in [2.45, 2.75) is 37.8 Å². The molecule has 1 fully saturated rings. The van der Waals surface area contributed by atoms with E-state index in [1.165, 1.54) is 0 Å². The summed E-state index contributed by atoms with van der Waals surface area (Å²) in [7, 11) is 0. The van der Waals surface area contributed by atoms with Crippen molar-refractivity contribution in [2.75, 3.05) is 0 Å². The zero-order valence-electron chi connectivity index (χ0n) is 11.6. The van der Waals surface area contributed by atoms with Gasteiger partial charge in [0.05, 0.1) is 12.0 Å². The fourth-order valence-electron chi connectivity index (χ4n) is 2.63. The second-order valence-electron chi connectivity index (χ2n) is 5.55. The van der Waals surface area contributed by atoms with E-state index in [1.807, 2.05) is 54.2 Å². The molecule has 20 heavy (non-hydrogen) atoms. The van der Waals surface area contributed by atoms with Crippen LogP contribution in [0.15, 0.2) is 48.8 Å². The maximum atomic E-state index is 12.5. The topological polar surface area (TPSA) is 46.9 Å². The lowest BCUT2D eigenvalue weighted by Gasteiger charge is -2.20. The normalized spacial score (nSPS) is 17.4. The SMILES string of the molecule is C[C@@H](Cn1cccn1)NC(=O)C1(c2ccccc2)CC1. The van der Waals surface area contributed by atoms with Crippen molar-refractivity contribution >= 4 is 5.91 Å². The van der Waals surface area contributed by atoms with E-state index in [-0.39, 0.29) is 17.4 Å². The third-order valence-corrected chi connectivity index (χ3v) is 3.91. The van der Waals surface area contributed by atoms with E-state index in [2.05, 4.69) is 10.4 Å². The highest BCUT2D eigenvalue weighted by molar-refractivity contribution is 5.91. The summed E-state index contributed by atoms with van der Waals surface area (Å²) in [5.74, 6) is 0.142. The van der Waals surface area contributed by atoms with Crippen molar-refractivity contribution in [1.82, 2.24) is 15.1 Å². The number of nitrogens with one attached hydrogen (secondary N) is 1. The molecule has 4 heteroatoms. The first-order valence-corrected chi connectivity index (χ1v) is 7.05. The summed E-state index contributed by atoms with van der Waals surface area (Å²) in [5, 5.41) is 7.28. The quantitative estimate of drug-likeness (QED) is 0.903. The van der Waals surface area contributed by atoms with Crippen LogP contribution in [-0.2, 0) is 16.8 Å². The molecule has 2 aromatic rings. The first-order valence-electron chi connectivity index (χ1n) is 7.05. The second kappa shape index (κ2) is 5.12. The summed E-state index contributed by atoms with van der Waals surface area (Å²) in [6.45, 7) is 2.71. The molecule has 1 amide bonds. The van der Waals surface area contributed by atoms with Gasteiger partial charge >= 0.3 is 0 Å². The first-order chi connectivity index (χ1) is 9.71. The number of rotatable bonds is 5. The van der Waals surface area contributed by atoms with Crippen LogP contribution in [0.3, 0.4) is 0 Å². The van der Waals surface area contributed by atoms with Gasteiger partial charge in [-0.3, -0.25) is 9.48 Å². The fraction of sp³-hybridized carbons (Fsp3) is 0.375. The summed E-state index contributed by atoms with van der Waals surface area (Å²) >= 11 is 0. The summed E-state index contributed by atoms with van der Waals surface area (Å²) in [6, 6.07) is 12.0. The molecule has 0 spiro atoms. The summed E-state index contributed by atoms with van der Waals surface area (Å²) in [6.07, 6.45) is 5.54. The van der Waals surface area contributed by atoms with Gasteiger partial charge in [-0.2, -0.15) is 5.10 Å². The number of hydrogen-bond donors (Lipinski definition) is 1. The van der Waals surface area contributed by atoms with Gasteiger partial charge in [-0.25, -0.2) is 0 Å². The maximum Gasteiger partial charge on any atom is 0.230 e. The largest absolute Gasteiger partial charge is 0.351 e. The van der Waals surface area contributed by atoms with Crippen LogP contribution in [0.4, 0.5) is 0 Å². The maximum absolute atomic E-state index is 12.5. The van der Waals surface area contributed by atoms with Gasteiger partial charge in [0.25, 0.3) is 0 Å². The molecule has 1 heterocycles. The van der Waals surface area contributed by atoms with Crippen molar-refractivity contribution in [2.24, 2.45) is 0 Å². The first kappa shape index (κ1) is 12.9. The number of carbonyl (C=O) groups is 1. The molecule has 1 saturated carbocycles. The Kier molecular flexibility index (Phi) is 3.30. The van der Waals surface area contributed by atoms with Crippen molar-refractivity contribution in [3.8, 4) is 0 Å². The molecule has 0 bridgehead atoms. The Balaban J connectivity index is 1.65. The molecule has 1 aliphatic carbocycles. The standard InChI is InChI=1S/C16H19N3O/c1-13(12-19-11-5-10-17-19)18-15(20)16(8-9-16)14-6-3-2-4-7-14/h2-7,10-11,13H,8-9,12H2,1H3,(H,18,20)/t13-/m0/s1. The molecule has 3 rings (SSSR count). The van der Waals surface area contributed by atoms with Gasteiger partial charge in [-0.1, -0.05) is 30.3 Å². The molecular weight excluding hydrogens is 250 g/mol. The minimum atomic E-state index is -0.292. The monoisotopic (exact) mass is 269 g/mol. The Morgan fingerprint density at radius 2 is 2.10 bits per heavy atom. The molecule has 0 radical (unpaired) electrons. The van der Waals surface area contributed by atoms with E-state index in [1.54, 1.807) is 6.20 Å². The van der Waals surface area contributed by atoms with E-state index in [0.717, 1.165) is 18.4 Å². The van der Waals surface area contributed by atoms with E-state index < -0.39 is 0 Å². The summed E-state index contributed by atoms with van der Waals surface area (Å²) in [4.78, 5) is 12.5. The van der Waals surface area contributed by atoms with Gasteiger partial charge in [0.2, 0.25) is 5.91 Å². The number of nitrogens with zero attached hydrogens (tertiary/aromatic N) is 2. The lowest BCUT2D eigenvalue weighted by molar-refractivity contribution is -0.124. The van der Waals surface area contributed by atoms with Crippen LogP contribution < -0.4 is 5.32 Å². The van der Waals surface area contributed by atoms with Gasteiger partial charge < -0.3 is 5.32 Å². The number of aromatic nitrogens is 2. The van der Waals surface area contributed by atoms with Crippen LogP contribution in [0.1, 0.15) is 25.3 Å². The fourth-order valence-corrected chi connectivity index (χ4v) is 2.63. The molecule has 1 aromatic heterocycles. The highest BCUT2D eigenvalue weighted by atomic mass is 16.2. The predicted molar refractivity (Wildman–Crippen MR) is 77.2 cm³/mol. The van der Waals surface area contributed by atoms with Crippen LogP contribution in [0.25, 0.3) is 0 Å². The Hall–Kier alpha value is -2.10.